The highest BCUT2D eigenvalue weighted by atomic mass is 16.6. The molecule has 0 saturated carbocycles. The zero-order valence-electron chi connectivity index (χ0n) is 17.0. The molecule has 154 valence electrons. The first-order chi connectivity index (χ1) is 13.8. The molecule has 8 nitrogen and oxygen atoms in total. The predicted octanol–water partition coefficient (Wildman–Crippen LogP) is 3.60. The first-order valence-electron chi connectivity index (χ1n) is 9.67. The molecule has 0 spiro atoms. The van der Waals surface area contributed by atoms with E-state index in [9.17, 15) is 14.9 Å². The normalized spacial score (nSPS) is 19.1. The molecule has 0 amide bonds. The number of carbonyl (C=O) groups is 1. The summed E-state index contributed by atoms with van der Waals surface area (Å²) in [5.74, 6) is -0.574. The van der Waals surface area contributed by atoms with Gasteiger partial charge in [0, 0.05) is 29.1 Å². The van der Waals surface area contributed by atoms with Crippen molar-refractivity contribution in [2.24, 2.45) is 4.99 Å². The molecule has 1 aromatic rings. The van der Waals surface area contributed by atoms with Gasteiger partial charge in [0.05, 0.1) is 29.1 Å². The summed E-state index contributed by atoms with van der Waals surface area (Å²) in [6, 6.07) is 6.33. The van der Waals surface area contributed by atoms with Crippen molar-refractivity contribution in [1.82, 2.24) is 5.32 Å². The summed E-state index contributed by atoms with van der Waals surface area (Å²) in [6.45, 7) is 8.37. The van der Waals surface area contributed by atoms with E-state index < -0.39 is 16.8 Å². The zero-order chi connectivity index (χ0) is 21.1. The Hall–Kier alpha value is -3.16. The number of nitrogens with zero attached hydrogens (tertiary/aromatic N) is 2. The van der Waals surface area contributed by atoms with Gasteiger partial charge in [0.25, 0.3) is 5.69 Å². The van der Waals surface area contributed by atoms with Gasteiger partial charge in [-0.1, -0.05) is 19.1 Å². The molecule has 0 aliphatic carbocycles. The third-order valence-corrected chi connectivity index (χ3v) is 4.79. The molecular formula is C21H25N3O5. The molecule has 0 saturated heterocycles. The van der Waals surface area contributed by atoms with Crippen LogP contribution in [0.3, 0.4) is 0 Å². The van der Waals surface area contributed by atoms with Gasteiger partial charge in [0.15, 0.2) is 0 Å². The molecule has 0 radical (unpaired) electrons. The molecule has 1 unspecified atom stereocenters. The topological polar surface area (TPSA) is 103 Å². The van der Waals surface area contributed by atoms with Crippen LogP contribution in [0.25, 0.3) is 0 Å². The van der Waals surface area contributed by atoms with Crippen molar-refractivity contribution >= 4 is 17.6 Å². The van der Waals surface area contributed by atoms with Gasteiger partial charge in [-0.15, -0.1) is 0 Å². The van der Waals surface area contributed by atoms with Gasteiger partial charge >= 0.3 is 5.97 Å². The van der Waals surface area contributed by atoms with Crippen LogP contribution in [0, 0.1) is 10.1 Å². The summed E-state index contributed by atoms with van der Waals surface area (Å²) in [5.41, 5.74) is 3.25. The molecule has 2 aliphatic rings. The number of aliphatic imine (C=N–C) groups is 1. The van der Waals surface area contributed by atoms with Crippen LogP contribution in [0.5, 0.6) is 0 Å². The Morgan fingerprint density at radius 1 is 1.45 bits per heavy atom. The molecular weight excluding hydrogens is 374 g/mol. The van der Waals surface area contributed by atoms with Crippen molar-refractivity contribution in [1.29, 1.82) is 0 Å². The predicted molar refractivity (Wildman–Crippen MR) is 108 cm³/mol. The van der Waals surface area contributed by atoms with Crippen LogP contribution in [0.15, 0.2) is 51.8 Å². The van der Waals surface area contributed by atoms with Crippen LogP contribution in [-0.4, -0.2) is 36.0 Å². The monoisotopic (exact) mass is 399 g/mol. The Morgan fingerprint density at radius 2 is 2.21 bits per heavy atom. The van der Waals surface area contributed by atoms with Gasteiger partial charge in [-0.2, -0.15) is 0 Å². The van der Waals surface area contributed by atoms with Gasteiger partial charge in [-0.05, 0) is 32.8 Å². The Labute approximate surface area is 169 Å². The van der Waals surface area contributed by atoms with Crippen molar-refractivity contribution in [3.05, 3.63) is 62.5 Å². The summed E-state index contributed by atoms with van der Waals surface area (Å²) in [4.78, 5) is 28.4. The molecule has 2 heterocycles. The van der Waals surface area contributed by atoms with E-state index in [0.717, 1.165) is 11.3 Å². The second kappa shape index (κ2) is 8.46. The van der Waals surface area contributed by atoms with E-state index >= 15 is 0 Å². The molecule has 1 atom stereocenters. The van der Waals surface area contributed by atoms with Gasteiger partial charge in [-0.25, -0.2) is 9.79 Å². The molecule has 1 aromatic carbocycles. The van der Waals surface area contributed by atoms with E-state index in [1.165, 1.54) is 12.1 Å². The molecule has 3 rings (SSSR count). The lowest BCUT2D eigenvalue weighted by Crippen LogP contribution is -2.33. The number of esters is 1. The van der Waals surface area contributed by atoms with Crippen molar-refractivity contribution < 1.29 is 19.2 Å². The maximum Gasteiger partial charge on any atom is 0.337 e. The number of benzene rings is 1. The number of carbonyl (C=O) groups excluding carboxylic acids is 1. The average molecular weight is 399 g/mol. The average Bonchev–Trinajstić information content (AvgIpc) is 3.20. The second-order valence-electron chi connectivity index (χ2n) is 7.18. The minimum atomic E-state index is -0.575. The smallest absolute Gasteiger partial charge is 0.337 e. The summed E-state index contributed by atoms with van der Waals surface area (Å²) < 4.78 is 11.2. The highest BCUT2D eigenvalue weighted by Crippen LogP contribution is 2.41. The number of nitro benzene ring substituents is 1. The lowest BCUT2D eigenvalue weighted by Gasteiger charge is -2.32. The lowest BCUT2D eigenvalue weighted by atomic mass is 9.79. The van der Waals surface area contributed by atoms with Crippen LogP contribution in [-0.2, 0) is 14.3 Å². The molecule has 0 bridgehead atoms. The van der Waals surface area contributed by atoms with E-state index in [4.69, 9.17) is 9.47 Å². The number of non-ortho nitro benzene ring substituents is 1. The van der Waals surface area contributed by atoms with Crippen molar-refractivity contribution in [2.45, 2.75) is 46.1 Å². The van der Waals surface area contributed by atoms with Crippen molar-refractivity contribution in [2.75, 3.05) is 13.2 Å². The van der Waals surface area contributed by atoms with E-state index in [1.807, 2.05) is 13.8 Å². The quantitative estimate of drug-likeness (QED) is 0.445. The summed E-state index contributed by atoms with van der Waals surface area (Å²) in [5, 5.41) is 14.6. The number of ether oxygens (including phenoxy) is 2. The minimum absolute atomic E-state index is 0.0399. The fourth-order valence-corrected chi connectivity index (χ4v) is 3.63. The van der Waals surface area contributed by atoms with E-state index in [-0.39, 0.29) is 11.8 Å². The van der Waals surface area contributed by atoms with E-state index in [2.05, 4.69) is 10.3 Å². The highest BCUT2D eigenvalue weighted by molar-refractivity contribution is 6.02. The van der Waals surface area contributed by atoms with Gasteiger partial charge in [0.1, 0.15) is 6.61 Å². The maximum absolute atomic E-state index is 13.0. The lowest BCUT2D eigenvalue weighted by molar-refractivity contribution is -0.384. The highest BCUT2D eigenvalue weighted by Gasteiger charge is 2.39. The standard InChI is InChI=1S/C21H25N3O5/c1-5-16-19(20-22-9-10-28-20)18(14-7-6-8-15(11-14)24(26)27)17(13(4)23-16)21(25)29-12(2)3/h6-8,11-12,18,23H,5,9-10H2,1-4H3. The summed E-state index contributed by atoms with van der Waals surface area (Å²) in [6.07, 6.45) is 0.362. The number of nitrogens with one attached hydrogen (secondary N) is 1. The number of hydrogen-bond donors (Lipinski definition) is 1. The van der Waals surface area contributed by atoms with Crippen LogP contribution < -0.4 is 5.32 Å². The summed E-state index contributed by atoms with van der Waals surface area (Å²) >= 11 is 0. The van der Waals surface area contributed by atoms with Crippen LogP contribution in [0.2, 0.25) is 0 Å². The Kier molecular flexibility index (Phi) is 6.00. The Bertz CT molecular complexity index is 930. The second-order valence-corrected chi connectivity index (χ2v) is 7.18. The number of hydrogen-bond acceptors (Lipinski definition) is 7. The van der Waals surface area contributed by atoms with Crippen LogP contribution in [0.4, 0.5) is 5.69 Å². The maximum atomic E-state index is 13.0. The third kappa shape index (κ3) is 4.16. The zero-order valence-corrected chi connectivity index (χ0v) is 17.0. The SMILES string of the molecule is CCC1=C(C2=NCCO2)C(c2cccc([N+](=O)[O-])c2)C(C(=O)OC(C)C)=C(C)N1. The molecule has 8 heteroatoms. The molecule has 2 aliphatic heterocycles. The van der Waals surface area contributed by atoms with Crippen LogP contribution in [0.1, 0.15) is 45.6 Å². The van der Waals surface area contributed by atoms with Gasteiger partial charge < -0.3 is 14.8 Å². The largest absolute Gasteiger partial charge is 0.476 e. The molecule has 0 aromatic heterocycles. The van der Waals surface area contributed by atoms with Crippen LogP contribution >= 0.6 is 0 Å². The molecule has 1 N–H and O–H groups in total. The Balaban J connectivity index is 2.21. The van der Waals surface area contributed by atoms with E-state index in [1.54, 1.807) is 26.0 Å². The number of rotatable bonds is 6. The van der Waals surface area contributed by atoms with Gasteiger partial charge in [0.2, 0.25) is 5.90 Å². The minimum Gasteiger partial charge on any atom is -0.476 e. The fourth-order valence-electron chi connectivity index (χ4n) is 3.63. The first kappa shape index (κ1) is 20.6. The van der Waals surface area contributed by atoms with E-state index in [0.29, 0.717) is 42.3 Å². The molecule has 29 heavy (non-hydrogen) atoms. The number of dihydropyridines is 1. The number of allylic oxidation sites excluding steroid dienone is 2. The first-order valence-corrected chi connectivity index (χ1v) is 9.67. The third-order valence-electron chi connectivity index (χ3n) is 4.79. The Morgan fingerprint density at radius 3 is 2.79 bits per heavy atom. The van der Waals surface area contributed by atoms with Crippen molar-refractivity contribution in [3.8, 4) is 0 Å². The fraction of sp³-hybridized carbons (Fsp3) is 0.429. The van der Waals surface area contributed by atoms with Gasteiger partial charge in [-0.3, -0.25) is 10.1 Å². The molecule has 0 fully saturated rings. The van der Waals surface area contributed by atoms with Crippen molar-refractivity contribution in [3.63, 3.8) is 0 Å². The number of nitro groups is 1. The summed E-state index contributed by atoms with van der Waals surface area (Å²) in [7, 11) is 0.